The molecule has 4 nitrogen and oxygen atoms in total. The van der Waals surface area contributed by atoms with Crippen molar-refractivity contribution in [3.63, 3.8) is 0 Å². The topological polar surface area (TPSA) is 35.6 Å². The molecule has 0 spiro atoms. The summed E-state index contributed by atoms with van der Waals surface area (Å²) < 4.78 is 0. The van der Waals surface area contributed by atoms with Gasteiger partial charge in [0.15, 0.2) is 0 Å². The third kappa shape index (κ3) is 5.11. The molecule has 1 aliphatic heterocycles. The largest absolute Gasteiger partial charge is 0.343 e. The molecular formula is C18H29N3O. The number of nitrogens with one attached hydrogen (secondary N) is 1. The molecule has 1 amide bonds. The maximum Gasteiger partial charge on any atom is 0.223 e. The van der Waals surface area contributed by atoms with Gasteiger partial charge in [-0.15, -0.1) is 0 Å². The lowest BCUT2D eigenvalue weighted by Crippen LogP contribution is -2.37. The van der Waals surface area contributed by atoms with E-state index in [-0.39, 0.29) is 5.91 Å². The second kappa shape index (κ2) is 8.91. The number of rotatable bonds is 8. The van der Waals surface area contributed by atoms with Crippen LogP contribution in [-0.4, -0.2) is 55.5 Å². The first-order valence-electron chi connectivity index (χ1n) is 8.41. The van der Waals surface area contributed by atoms with Crippen molar-refractivity contribution in [2.75, 3.05) is 39.8 Å². The molecule has 0 aromatic heterocycles. The summed E-state index contributed by atoms with van der Waals surface area (Å²) in [6.07, 6.45) is 1.80. The molecule has 1 heterocycles. The Morgan fingerprint density at radius 1 is 1.36 bits per heavy atom. The maximum absolute atomic E-state index is 12.2. The lowest BCUT2D eigenvalue weighted by atomic mass is 10.1. The Kier molecular flexibility index (Phi) is 6.87. The van der Waals surface area contributed by atoms with Crippen molar-refractivity contribution in [2.45, 2.75) is 26.3 Å². The molecule has 1 unspecified atom stereocenters. The third-order valence-corrected chi connectivity index (χ3v) is 4.42. The van der Waals surface area contributed by atoms with Crippen molar-refractivity contribution in [3.8, 4) is 0 Å². The summed E-state index contributed by atoms with van der Waals surface area (Å²) in [5, 5.41) is 3.05. The first kappa shape index (κ1) is 17.0. The zero-order valence-electron chi connectivity index (χ0n) is 13.9. The van der Waals surface area contributed by atoms with Gasteiger partial charge in [-0.05, 0) is 38.4 Å². The number of hydrogen-bond acceptors (Lipinski definition) is 3. The molecule has 1 atom stereocenters. The van der Waals surface area contributed by atoms with Gasteiger partial charge in [0.1, 0.15) is 0 Å². The normalized spacial score (nSPS) is 18.5. The molecule has 1 aliphatic rings. The molecule has 4 heteroatoms. The fourth-order valence-electron chi connectivity index (χ4n) is 3.16. The van der Waals surface area contributed by atoms with E-state index in [2.05, 4.69) is 47.5 Å². The molecule has 0 aliphatic carbocycles. The summed E-state index contributed by atoms with van der Waals surface area (Å²) in [6.45, 7) is 7.83. The minimum atomic E-state index is 0.276. The fourth-order valence-corrected chi connectivity index (χ4v) is 3.16. The lowest BCUT2D eigenvalue weighted by Gasteiger charge is -2.25. The van der Waals surface area contributed by atoms with Crippen LogP contribution in [0.15, 0.2) is 30.3 Å². The van der Waals surface area contributed by atoms with Crippen LogP contribution in [0, 0.1) is 5.92 Å². The predicted molar refractivity (Wildman–Crippen MR) is 90.6 cm³/mol. The summed E-state index contributed by atoms with van der Waals surface area (Å²) in [6, 6.07) is 10.6. The van der Waals surface area contributed by atoms with Gasteiger partial charge in [0.2, 0.25) is 5.91 Å². The molecule has 0 bridgehead atoms. The average molecular weight is 303 g/mol. The van der Waals surface area contributed by atoms with Crippen molar-refractivity contribution < 1.29 is 4.79 Å². The molecule has 1 aromatic carbocycles. The van der Waals surface area contributed by atoms with Crippen LogP contribution in [0.25, 0.3) is 0 Å². The van der Waals surface area contributed by atoms with E-state index in [1.807, 2.05) is 11.9 Å². The predicted octanol–water partition coefficient (Wildman–Crippen LogP) is 1.97. The van der Waals surface area contributed by atoms with Crippen LogP contribution in [0.5, 0.6) is 0 Å². The molecule has 22 heavy (non-hydrogen) atoms. The van der Waals surface area contributed by atoms with Gasteiger partial charge in [-0.25, -0.2) is 0 Å². The average Bonchev–Trinajstić information content (AvgIpc) is 2.98. The van der Waals surface area contributed by atoms with E-state index in [0.717, 1.165) is 39.3 Å². The van der Waals surface area contributed by atoms with Crippen LogP contribution in [0.1, 0.15) is 25.3 Å². The Balaban J connectivity index is 1.78. The summed E-state index contributed by atoms with van der Waals surface area (Å²) >= 11 is 0. The van der Waals surface area contributed by atoms with Crippen molar-refractivity contribution >= 4 is 5.91 Å². The Labute approximate surface area is 134 Å². The lowest BCUT2D eigenvalue weighted by molar-refractivity contribution is -0.131. The second-order valence-electron chi connectivity index (χ2n) is 6.16. The van der Waals surface area contributed by atoms with Crippen molar-refractivity contribution in [2.24, 2.45) is 5.92 Å². The third-order valence-electron chi connectivity index (χ3n) is 4.42. The molecule has 1 saturated heterocycles. The first-order chi connectivity index (χ1) is 10.7. The van der Waals surface area contributed by atoms with Gasteiger partial charge >= 0.3 is 0 Å². The molecular weight excluding hydrogens is 274 g/mol. The molecule has 1 aromatic rings. The number of benzene rings is 1. The van der Waals surface area contributed by atoms with Crippen LogP contribution in [0.2, 0.25) is 0 Å². The van der Waals surface area contributed by atoms with Gasteiger partial charge in [-0.3, -0.25) is 9.69 Å². The summed E-state index contributed by atoms with van der Waals surface area (Å²) in [4.78, 5) is 16.7. The highest BCUT2D eigenvalue weighted by Crippen LogP contribution is 2.20. The zero-order chi connectivity index (χ0) is 15.8. The van der Waals surface area contributed by atoms with Crippen LogP contribution in [0.3, 0.4) is 0 Å². The molecule has 1 fully saturated rings. The number of likely N-dealkylation sites (tertiary alicyclic amines) is 1. The monoisotopic (exact) mass is 303 g/mol. The van der Waals surface area contributed by atoms with Gasteiger partial charge in [0, 0.05) is 39.1 Å². The van der Waals surface area contributed by atoms with Crippen LogP contribution in [0.4, 0.5) is 0 Å². The molecule has 2 rings (SSSR count). The fraction of sp³-hybridized carbons (Fsp3) is 0.611. The van der Waals surface area contributed by atoms with Crippen LogP contribution >= 0.6 is 0 Å². The van der Waals surface area contributed by atoms with E-state index in [1.165, 1.54) is 12.0 Å². The zero-order valence-corrected chi connectivity index (χ0v) is 13.9. The summed E-state index contributed by atoms with van der Waals surface area (Å²) in [7, 11) is 1.89. The Hall–Kier alpha value is -1.39. The first-order valence-corrected chi connectivity index (χ1v) is 8.41. The standard InChI is InChI=1S/C18H29N3O/c1-3-21(18(22)9-11-19-2)15-17-10-12-20(14-17)13-16-7-5-4-6-8-16/h4-8,17,19H,3,9-15H2,1-2H3. The van der Waals surface area contributed by atoms with Gasteiger partial charge in [-0.1, -0.05) is 30.3 Å². The molecule has 1 N–H and O–H groups in total. The Morgan fingerprint density at radius 3 is 2.82 bits per heavy atom. The summed E-state index contributed by atoms with van der Waals surface area (Å²) in [5.74, 6) is 0.889. The molecule has 0 saturated carbocycles. The molecule has 0 radical (unpaired) electrons. The van der Waals surface area contributed by atoms with E-state index < -0.39 is 0 Å². The van der Waals surface area contributed by atoms with E-state index in [4.69, 9.17) is 0 Å². The highest BCUT2D eigenvalue weighted by atomic mass is 16.2. The molecule has 122 valence electrons. The number of carbonyl (C=O) groups is 1. The van der Waals surface area contributed by atoms with Gasteiger partial charge in [-0.2, -0.15) is 0 Å². The highest BCUT2D eigenvalue weighted by molar-refractivity contribution is 5.76. The number of carbonyl (C=O) groups excluding carboxylic acids is 1. The second-order valence-corrected chi connectivity index (χ2v) is 6.16. The van der Waals surface area contributed by atoms with Crippen molar-refractivity contribution in [1.82, 2.24) is 15.1 Å². The number of amides is 1. The van der Waals surface area contributed by atoms with Gasteiger partial charge < -0.3 is 10.2 Å². The van der Waals surface area contributed by atoms with Gasteiger partial charge in [0.25, 0.3) is 0 Å². The van der Waals surface area contributed by atoms with E-state index in [9.17, 15) is 4.79 Å². The Bertz CT molecular complexity index is 449. The number of nitrogens with zero attached hydrogens (tertiary/aromatic N) is 2. The SMILES string of the molecule is CCN(CC1CCN(Cc2ccccc2)C1)C(=O)CCNC. The minimum absolute atomic E-state index is 0.276. The smallest absolute Gasteiger partial charge is 0.223 e. The van der Waals surface area contributed by atoms with Gasteiger partial charge in [0.05, 0.1) is 0 Å². The quantitative estimate of drug-likeness (QED) is 0.797. The highest BCUT2D eigenvalue weighted by Gasteiger charge is 2.25. The van der Waals surface area contributed by atoms with E-state index in [1.54, 1.807) is 0 Å². The van der Waals surface area contributed by atoms with E-state index >= 15 is 0 Å². The Morgan fingerprint density at radius 2 is 2.14 bits per heavy atom. The summed E-state index contributed by atoms with van der Waals surface area (Å²) in [5.41, 5.74) is 1.38. The minimum Gasteiger partial charge on any atom is -0.343 e. The van der Waals surface area contributed by atoms with E-state index in [0.29, 0.717) is 12.3 Å². The number of hydrogen-bond donors (Lipinski definition) is 1. The van der Waals surface area contributed by atoms with Crippen molar-refractivity contribution in [3.05, 3.63) is 35.9 Å². The maximum atomic E-state index is 12.2. The van der Waals surface area contributed by atoms with Crippen molar-refractivity contribution in [1.29, 1.82) is 0 Å². The van der Waals surface area contributed by atoms with Crippen LogP contribution in [-0.2, 0) is 11.3 Å². The van der Waals surface area contributed by atoms with Crippen LogP contribution < -0.4 is 5.32 Å².